The molecule has 1 amide bonds. The third-order valence-corrected chi connectivity index (χ3v) is 4.91. The Labute approximate surface area is 141 Å². The minimum absolute atomic E-state index is 0.0518. The molecule has 3 rings (SSSR count). The summed E-state index contributed by atoms with van der Waals surface area (Å²) < 4.78 is 0.747. The van der Waals surface area contributed by atoms with Crippen molar-refractivity contribution in [3.63, 3.8) is 0 Å². The van der Waals surface area contributed by atoms with Crippen LogP contribution in [0.3, 0.4) is 0 Å². The molecule has 0 aliphatic rings. The van der Waals surface area contributed by atoms with E-state index in [1.807, 2.05) is 41.9 Å². The van der Waals surface area contributed by atoms with E-state index in [9.17, 15) is 4.79 Å². The molecule has 0 fully saturated rings. The van der Waals surface area contributed by atoms with E-state index in [4.69, 9.17) is 23.8 Å². The molecule has 2 N–H and O–H groups in total. The number of H-pyrrole nitrogens is 1. The number of pyridine rings is 1. The topological polar surface area (TPSA) is 44.9 Å². The van der Waals surface area contributed by atoms with Gasteiger partial charge in [0.05, 0.1) is 10.9 Å². The molecule has 2 aromatic heterocycles. The van der Waals surface area contributed by atoms with Crippen LogP contribution < -0.4 is 5.32 Å². The van der Waals surface area contributed by atoms with Gasteiger partial charge in [0.25, 0.3) is 0 Å². The smallest absolute Gasteiger partial charge is 0.224 e. The lowest BCUT2D eigenvalue weighted by Crippen LogP contribution is -2.24. The summed E-state index contributed by atoms with van der Waals surface area (Å²) >= 11 is 12.9. The third-order valence-electron chi connectivity index (χ3n) is 3.33. The lowest BCUT2D eigenvalue weighted by atomic mass is 10.1. The van der Waals surface area contributed by atoms with E-state index in [-0.39, 0.29) is 12.3 Å². The number of aromatic nitrogens is 1. The summed E-state index contributed by atoms with van der Waals surface area (Å²) in [6, 6.07) is 9.39. The highest BCUT2D eigenvalue weighted by molar-refractivity contribution is 7.71. The molecule has 6 heteroatoms. The first kappa shape index (κ1) is 15.2. The number of fused-ring (bicyclic) bond motifs is 1. The minimum Gasteiger partial charge on any atom is -0.353 e. The van der Waals surface area contributed by atoms with Gasteiger partial charge < -0.3 is 10.3 Å². The number of halogens is 1. The molecule has 0 radical (unpaired) electrons. The summed E-state index contributed by atoms with van der Waals surface area (Å²) in [5.41, 5.74) is 1.85. The van der Waals surface area contributed by atoms with E-state index in [1.165, 1.54) is 0 Å². The summed E-state index contributed by atoms with van der Waals surface area (Å²) in [7, 11) is 0. The second kappa shape index (κ2) is 6.60. The zero-order valence-electron chi connectivity index (χ0n) is 11.6. The van der Waals surface area contributed by atoms with Crippen LogP contribution in [0.1, 0.15) is 11.1 Å². The summed E-state index contributed by atoms with van der Waals surface area (Å²) in [5.74, 6) is -0.0518. The minimum atomic E-state index is -0.0518. The Balaban J connectivity index is 1.66. The Hall–Kier alpha value is -1.69. The molecule has 22 heavy (non-hydrogen) atoms. The van der Waals surface area contributed by atoms with Gasteiger partial charge in [0.15, 0.2) is 0 Å². The number of carbonyl (C=O) groups excluding carboxylic acids is 1. The molecule has 0 aliphatic heterocycles. The molecule has 0 saturated carbocycles. The average Bonchev–Trinajstić information content (AvgIpc) is 2.99. The number of hydrogen-bond acceptors (Lipinski definition) is 3. The molecule has 112 valence electrons. The molecule has 3 nitrogen and oxygen atoms in total. The maximum atomic E-state index is 12.1. The van der Waals surface area contributed by atoms with E-state index < -0.39 is 0 Å². The van der Waals surface area contributed by atoms with Gasteiger partial charge in [-0.05, 0) is 34.7 Å². The standard InChI is InChI=1S/C16H13ClN2OS2/c17-12-3-1-10(2-4-12)8-18-14(20)7-11-9-19-16-13(15(11)21)5-6-22-16/h1-6,9H,7-8H2,(H,18,20)(H,19,21). The van der Waals surface area contributed by atoms with Crippen LogP contribution in [0.2, 0.25) is 5.02 Å². The zero-order valence-corrected chi connectivity index (χ0v) is 13.9. The van der Waals surface area contributed by atoms with Gasteiger partial charge in [-0.1, -0.05) is 36.0 Å². The second-order valence-corrected chi connectivity index (χ2v) is 6.65. The number of carbonyl (C=O) groups is 1. The van der Waals surface area contributed by atoms with Crippen molar-refractivity contribution in [3.05, 3.63) is 62.6 Å². The van der Waals surface area contributed by atoms with Crippen molar-refractivity contribution in [2.24, 2.45) is 0 Å². The number of rotatable bonds is 4. The van der Waals surface area contributed by atoms with Crippen LogP contribution in [0, 0.1) is 4.51 Å². The first-order valence-corrected chi connectivity index (χ1v) is 8.39. The summed E-state index contributed by atoms with van der Waals surface area (Å²) in [6.07, 6.45) is 2.09. The summed E-state index contributed by atoms with van der Waals surface area (Å²) in [6.45, 7) is 0.479. The van der Waals surface area contributed by atoms with Gasteiger partial charge in [0.1, 0.15) is 4.83 Å². The van der Waals surface area contributed by atoms with Crippen molar-refractivity contribution in [1.82, 2.24) is 10.3 Å². The molecule has 1 aromatic carbocycles. The zero-order chi connectivity index (χ0) is 15.5. The van der Waals surface area contributed by atoms with Crippen LogP contribution in [0.5, 0.6) is 0 Å². The Morgan fingerprint density at radius 2 is 2.05 bits per heavy atom. The molecule has 0 spiro atoms. The molecular weight excluding hydrogens is 336 g/mol. The molecule has 3 aromatic rings. The number of thiophene rings is 1. The molecule has 0 unspecified atom stereocenters. The van der Waals surface area contributed by atoms with E-state index in [0.29, 0.717) is 11.6 Å². The van der Waals surface area contributed by atoms with Gasteiger partial charge >= 0.3 is 0 Å². The highest BCUT2D eigenvalue weighted by Crippen LogP contribution is 2.21. The van der Waals surface area contributed by atoms with Crippen molar-refractivity contribution in [1.29, 1.82) is 0 Å². The molecular formula is C16H13ClN2OS2. The van der Waals surface area contributed by atoms with Crippen LogP contribution >= 0.6 is 35.2 Å². The fraction of sp³-hybridized carbons (Fsp3) is 0.125. The first-order chi connectivity index (χ1) is 10.6. The maximum Gasteiger partial charge on any atom is 0.224 e. The normalized spacial score (nSPS) is 10.8. The Kier molecular flexibility index (Phi) is 4.57. The SMILES string of the molecule is O=C(Cc1c[nH]c2sccc2c1=S)NCc1ccc(Cl)cc1. The number of nitrogens with one attached hydrogen (secondary N) is 2. The maximum absolute atomic E-state index is 12.1. The van der Waals surface area contributed by atoms with E-state index in [1.54, 1.807) is 11.3 Å². The number of hydrogen-bond donors (Lipinski definition) is 2. The molecule has 2 heterocycles. The molecule has 0 saturated heterocycles. The van der Waals surface area contributed by atoms with Gasteiger partial charge in [0.2, 0.25) is 5.91 Å². The quantitative estimate of drug-likeness (QED) is 0.683. The lowest BCUT2D eigenvalue weighted by molar-refractivity contribution is -0.120. The van der Waals surface area contributed by atoms with Crippen molar-refractivity contribution < 1.29 is 4.79 Å². The first-order valence-electron chi connectivity index (χ1n) is 6.72. The summed E-state index contributed by atoms with van der Waals surface area (Å²) in [4.78, 5) is 16.3. The largest absolute Gasteiger partial charge is 0.353 e. The van der Waals surface area contributed by atoms with Gasteiger partial charge in [-0.25, -0.2) is 0 Å². The molecule has 0 aliphatic carbocycles. The van der Waals surface area contributed by atoms with Crippen LogP contribution in [0.15, 0.2) is 41.9 Å². The van der Waals surface area contributed by atoms with Crippen LogP contribution in [0.4, 0.5) is 0 Å². The predicted molar refractivity (Wildman–Crippen MR) is 94.0 cm³/mol. The predicted octanol–water partition coefficient (Wildman–Crippen LogP) is 4.47. The van der Waals surface area contributed by atoms with E-state index in [2.05, 4.69) is 10.3 Å². The average molecular weight is 349 g/mol. The van der Waals surface area contributed by atoms with Crippen molar-refractivity contribution in [2.45, 2.75) is 13.0 Å². The van der Waals surface area contributed by atoms with E-state index in [0.717, 1.165) is 25.9 Å². The highest BCUT2D eigenvalue weighted by Gasteiger charge is 2.08. The van der Waals surface area contributed by atoms with Crippen molar-refractivity contribution in [3.8, 4) is 0 Å². The molecule has 0 bridgehead atoms. The van der Waals surface area contributed by atoms with Crippen molar-refractivity contribution in [2.75, 3.05) is 0 Å². The highest BCUT2D eigenvalue weighted by atomic mass is 35.5. The van der Waals surface area contributed by atoms with E-state index >= 15 is 0 Å². The Morgan fingerprint density at radius 1 is 1.27 bits per heavy atom. The summed E-state index contributed by atoms with van der Waals surface area (Å²) in [5, 5.41) is 6.57. The van der Waals surface area contributed by atoms with Gasteiger partial charge in [-0.2, -0.15) is 0 Å². The fourth-order valence-corrected chi connectivity index (χ4v) is 3.42. The lowest BCUT2D eigenvalue weighted by Gasteiger charge is -2.06. The number of benzene rings is 1. The second-order valence-electron chi connectivity index (χ2n) is 4.89. The Bertz CT molecular complexity index is 868. The fourth-order valence-electron chi connectivity index (χ4n) is 2.16. The van der Waals surface area contributed by atoms with Gasteiger partial charge in [-0.15, -0.1) is 11.3 Å². The number of amides is 1. The Morgan fingerprint density at radius 3 is 2.82 bits per heavy atom. The molecule has 0 atom stereocenters. The van der Waals surface area contributed by atoms with Crippen LogP contribution in [-0.2, 0) is 17.8 Å². The van der Waals surface area contributed by atoms with Crippen LogP contribution in [0.25, 0.3) is 10.2 Å². The third kappa shape index (κ3) is 3.38. The van der Waals surface area contributed by atoms with Gasteiger partial charge in [0, 0.05) is 23.2 Å². The van der Waals surface area contributed by atoms with Crippen molar-refractivity contribution >= 4 is 51.3 Å². The van der Waals surface area contributed by atoms with Crippen LogP contribution in [-0.4, -0.2) is 10.9 Å². The number of aromatic amines is 1. The monoisotopic (exact) mass is 348 g/mol. The van der Waals surface area contributed by atoms with Gasteiger partial charge in [-0.3, -0.25) is 4.79 Å².